The SMILES string of the molecule is S=c1[nH]nc(-c2ccncc2)n1CCOC1CCCCC1. The molecule has 6 heteroatoms. The molecule has 1 N–H and O–H groups in total. The Morgan fingerprint density at radius 3 is 2.76 bits per heavy atom. The molecule has 112 valence electrons. The largest absolute Gasteiger partial charge is 0.376 e. The fourth-order valence-corrected chi connectivity index (χ4v) is 3.01. The molecule has 2 heterocycles. The summed E-state index contributed by atoms with van der Waals surface area (Å²) in [6.07, 6.45) is 10.2. The summed E-state index contributed by atoms with van der Waals surface area (Å²) < 4.78 is 8.61. The number of nitrogens with zero attached hydrogens (tertiary/aromatic N) is 3. The highest BCUT2D eigenvalue weighted by Crippen LogP contribution is 2.21. The summed E-state index contributed by atoms with van der Waals surface area (Å²) >= 11 is 5.32. The van der Waals surface area contributed by atoms with Gasteiger partial charge in [-0.05, 0) is 37.2 Å². The minimum Gasteiger partial charge on any atom is -0.376 e. The van der Waals surface area contributed by atoms with E-state index in [1.54, 1.807) is 12.4 Å². The minimum absolute atomic E-state index is 0.421. The van der Waals surface area contributed by atoms with Crippen LogP contribution in [-0.4, -0.2) is 32.5 Å². The Morgan fingerprint density at radius 1 is 1.24 bits per heavy atom. The first-order chi connectivity index (χ1) is 10.3. The third kappa shape index (κ3) is 3.57. The normalized spacial score (nSPS) is 16.2. The molecule has 21 heavy (non-hydrogen) atoms. The van der Waals surface area contributed by atoms with Crippen LogP contribution in [0.4, 0.5) is 0 Å². The molecule has 0 aliphatic heterocycles. The highest BCUT2D eigenvalue weighted by Gasteiger charge is 2.14. The molecular formula is C15H20N4OS. The number of aromatic amines is 1. The fourth-order valence-electron chi connectivity index (χ4n) is 2.79. The van der Waals surface area contributed by atoms with E-state index in [4.69, 9.17) is 17.0 Å². The lowest BCUT2D eigenvalue weighted by molar-refractivity contribution is 0.0241. The van der Waals surface area contributed by atoms with Gasteiger partial charge in [0.15, 0.2) is 10.6 Å². The van der Waals surface area contributed by atoms with Gasteiger partial charge >= 0.3 is 0 Å². The number of pyridine rings is 1. The van der Waals surface area contributed by atoms with Gasteiger partial charge in [-0.2, -0.15) is 5.10 Å². The lowest BCUT2D eigenvalue weighted by Gasteiger charge is -2.22. The van der Waals surface area contributed by atoms with Crippen LogP contribution >= 0.6 is 12.2 Å². The van der Waals surface area contributed by atoms with Crippen LogP contribution in [-0.2, 0) is 11.3 Å². The molecule has 0 radical (unpaired) electrons. The summed E-state index contributed by atoms with van der Waals surface area (Å²) in [5.41, 5.74) is 1.01. The number of nitrogens with one attached hydrogen (secondary N) is 1. The van der Waals surface area contributed by atoms with Crippen molar-refractivity contribution in [2.24, 2.45) is 0 Å². The van der Waals surface area contributed by atoms with Crippen molar-refractivity contribution in [2.75, 3.05) is 6.61 Å². The summed E-state index contributed by atoms with van der Waals surface area (Å²) in [5.74, 6) is 0.842. The van der Waals surface area contributed by atoms with Crippen molar-refractivity contribution in [3.05, 3.63) is 29.3 Å². The zero-order valence-electron chi connectivity index (χ0n) is 12.0. The van der Waals surface area contributed by atoms with E-state index >= 15 is 0 Å². The molecule has 0 spiro atoms. The monoisotopic (exact) mass is 304 g/mol. The first kappa shape index (κ1) is 14.4. The number of hydrogen-bond donors (Lipinski definition) is 1. The van der Waals surface area contributed by atoms with E-state index in [2.05, 4.69) is 15.2 Å². The average Bonchev–Trinajstić information content (AvgIpc) is 2.91. The topological polar surface area (TPSA) is 55.7 Å². The number of ether oxygens (including phenoxy) is 1. The van der Waals surface area contributed by atoms with Crippen molar-refractivity contribution in [1.82, 2.24) is 19.7 Å². The van der Waals surface area contributed by atoms with Crippen LogP contribution in [0.15, 0.2) is 24.5 Å². The molecule has 1 fully saturated rings. The second-order valence-corrected chi connectivity index (χ2v) is 5.76. The molecule has 3 rings (SSSR count). The number of H-pyrrole nitrogens is 1. The van der Waals surface area contributed by atoms with Crippen molar-refractivity contribution in [3.8, 4) is 11.4 Å². The third-order valence-electron chi connectivity index (χ3n) is 3.92. The summed E-state index contributed by atoms with van der Waals surface area (Å²) in [4.78, 5) is 4.03. The highest BCUT2D eigenvalue weighted by atomic mass is 32.1. The van der Waals surface area contributed by atoms with E-state index in [0.29, 0.717) is 17.5 Å². The smallest absolute Gasteiger partial charge is 0.195 e. The third-order valence-corrected chi connectivity index (χ3v) is 4.23. The van der Waals surface area contributed by atoms with Gasteiger partial charge in [-0.1, -0.05) is 19.3 Å². The van der Waals surface area contributed by atoms with Crippen LogP contribution in [0, 0.1) is 4.77 Å². The molecule has 0 atom stereocenters. The summed E-state index contributed by atoms with van der Waals surface area (Å²) in [6.45, 7) is 1.40. The quantitative estimate of drug-likeness (QED) is 0.861. The van der Waals surface area contributed by atoms with Crippen LogP contribution in [0.1, 0.15) is 32.1 Å². The van der Waals surface area contributed by atoms with Gasteiger partial charge in [0.1, 0.15) is 0 Å². The van der Waals surface area contributed by atoms with E-state index in [1.807, 2.05) is 16.7 Å². The van der Waals surface area contributed by atoms with Gasteiger partial charge in [-0.15, -0.1) is 0 Å². The van der Waals surface area contributed by atoms with E-state index in [1.165, 1.54) is 32.1 Å². The van der Waals surface area contributed by atoms with Crippen LogP contribution in [0.2, 0.25) is 0 Å². The van der Waals surface area contributed by atoms with Gasteiger partial charge in [0.2, 0.25) is 0 Å². The van der Waals surface area contributed by atoms with Crippen molar-refractivity contribution in [3.63, 3.8) is 0 Å². The van der Waals surface area contributed by atoms with Crippen molar-refractivity contribution in [1.29, 1.82) is 0 Å². The Hall–Kier alpha value is -1.53. The average molecular weight is 304 g/mol. The van der Waals surface area contributed by atoms with E-state index in [9.17, 15) is 0 Å². The molecule has 2 aromatic heterocycles. The number of hydrogen-bond acceptors (Lipinski definition) is 4. The van der Waals surface area contributed by atoms with Gasteiger partial charge in [0.25, 0.3) is 0 Å². The van der Waals surface area contributed by atoms with Gasteiger partial charge in [-0.25, -0.2) is 0 Å². The Labute approximate surface area is 129 Å². The van der Waals surface area contributed by atoms with Crippen molar-refractivity contribution < 1.29 is 4.74 Å². The van der Waals surface area contributed by atoms with Crippen LogP contribution in [0.25, 0.3) is 11.4 Å². The second kappa shape index (κ2) is 6.95. The Morgan fingerprint density at radius 2 is 2.00 bits per heavy atom. The molecule has 0 saturated heterocycles. The van der Waals surface area contributed by atoms with Crippen LogP contribution in [0.5, 0.6) is 0 Å². The summed E-state index contributed by atoms with van der Waals surface area (Å²) in [7, 11) is 0. The summed E-state index contributed by atoms with van der Waals surface area (Å²) in [6, 6.07) is 3.87. The Kier molecular flexibility index (Phi) is 4.77. The second-order valence-electron chi connectivity index (χ2n) is 5.37. The fraction of sp³-hybridized carbons (Fsp3) is 0.533. The first-order valence-corrected chi connectivity index (χ1v) is 7.92. The molecule has 1 aliphatic rings. The molecular weight excluding hydrogens is 284 g/mol. The summed E-state index contributed by atoms with van der Waals surface area (Å²) in [5, 5.41) is 7.18. The van der Waals surface area contributed by atoms with Crippen LogP contribution in [0.3, 0.4) is 0 Å². The minimum atomic E-state index is 0.421. The maximum atomic E-state index is 5.98. The molecule has 1 aliphatic carbocycles. The zero-order chi connectivity index (χ0) is 14.5. The maximum absolute atomic E-state index is 5.98. The zero-order valence-corrected chi connectivity index (χ0v) is 12.8. The molecule has 2 aromatic rings. The first-order valence-electron chi connectivity index (χ1n) is 7.52. The Bertz CT molecular complexity index is 616. The molecule has 0 amide bonds. The van der Waals surface area contributed by atoms with E-state index < -0.39 is 0 Å². The predicted molar refractivity (Wildman–Crippen MR) is 83.5 cm³/mol. The lowest BCUT2D eigenvalue weighted by Crippen LogP contribution is -2.19. The van der Waals surface area contributed by atoms with Crippen molar-refractivity contribution >= 4 is 12.2 Å². The predicted octanol–water partition coefficient (Wildman–Crippen LogP) is 3.35. The van der Waals surface area contributed by atoms with Gasteiger partial charge in [0.05, 0.1) is 19.3 Å². The van der Waals surface area contributed by atoms with E-state index in [-0.39, 0.29) is 0 Å². The van der Waals surface area contributed by atoms with Crippen LogP contribution < -0.4 is 0 Å². The van der Waals surface area contributed by atoms with Gasteiger partial charge < -0.3 is 4.74 Å². The Balaban J connectivity index is 1.65. The maximum Gasteiger partial charge on any atom is 0.195 e. The van der Waals surface area contributed by atoms with Gasteiger partial charge in [-0.3, -0.25) is 14.6 Å². The lowest BCUT2D eigenvalue weighted by atomic mass is 9.98. The molecule has 0 aromatic carbocycles. The molecule has 0 unspecified atom stereocenters. The van der Waals surface area contributed by atoms with Gasteiger partial charge in [0, 0.05) is 18.0 Å². The molecule has 5 nitrogen and oxygen atoms in total. The van der Waals surface area contributed by atoms with E-state index in [0.717, 1.165) is 17.9 Å². The number of aromatic nitrogens is 4. The molecule has 1 saturated carbocycles. The standard InChI is InChI=1S/C15H20N4OS/c21-15-18-17-14(12-6-8-16-9-7-12)19(15)10-11-20-13-4-2-1-3-5-13/h6-9,13H,1-5,10-11H2,(H,18,21). The molecule has 0 bridgehead atoms. The highest BCUT2D eigenvalue weighted by molar-refractivity contribution is 7.71. The van der Waals surface area contributed by atoms with Crippen molar-refractivity contribution in [2.45, 2.75) is 44.8 Å². The number of rotatable bonds is 5.